The van der Waals surface area contributed by atoms with Crippen LogP contribution in [0.25, 0.3) is 11.0 Å². The first-order valence-electron chi connectivity index (χ1n) is 15.9. The van der Waals surface area contributed by atoms with Gasteiger partial charge in [-0.3, -0.25) is 4.79 Å². The summed E-state index contributed by atoms with van der Waals surface area (Å²) in [6, 6.07) is 9.31. The highest BCUT2D eigenvalue weighted by molar-refractivity contribution is 8.59. The number of piperazine rings is 1. The molecule has 2 aliphatic heterocycles. The van der Waals surface area contributed by atoms with Crippen LogP contribution in [0, 0.1) is 0 Å². The van der Waals surface area contributed by atoms with Gasteiger partial charge in [0.2, 0.25) is 5.91 Å². The number of piperidine rings is 1. The molecule has 0 bridgehead atoms. The summed E-state index contributed by atoms with van der Waals surface area (Å²) in [5, 5.41) is 11.2. The summed E-state index contributed by atoms with van der Waals surface area (Å²) in [5.41, 5.74) is -0.110. The third-order valence-corrected chi connectivity index (χ3v) is 8.20. The molecule has 4 heterocycles. The molecule has 0 saturated carbocycles. The number of nitrogens with one attached hydrogen (secondary N) is 4. The normalized spacial score (nSPS) is 17.1. The molecular formula is C32H49ClN8O3S2. The standard InChI is InChI=1S/C30H41ClN8O3.C2H6.H2S2/c1-29(2,3)42-28(41)37-30(10-16-39(17-11-30)26-23-8-12-33-25(23)34-20-35-26)27(40)36-24(21-4-6-22(31)7-5-21)9-15-38-18-13-32-14-19-38;2*1-2/h4-8,12,20,24,32H,9-11,13-19H2,1-3H3,(H,36,40)(H,37,41)(H,33,34,35);1-2H3;1-2H. The molecule has 0 aliphatic carbocycles. The van der Waals surface area contributed by atoms with E-state index < -0.39 is 17.2 Å². The quantitative estimate of drug-likeness (QED) is 0.137. The predicted octanol–water partition coefficient (Wildman–Crippen LogP) is 5.42. The highest BCUT2D eigenvalue weighted by Crippen LogP contribution is 2.31. The summed E-state index contributed by atoms with van der Waals surface area (Å²) in [6.07, 6.45) is 4.28. The van der Waals surface area contributed by atoms with Crippen molar-refractivity contribution in [3.8, 4) is 0 Å². The van der Waals surface area contributed by atoms with Gasteiger partial charge in [0.05, 0.1) is 11.4 Å². The zero-order valence-electron chi connectivity index (χ0n) is 27.5. The van der Waals surface area contributed by atoms with Gasteiger partial charge in [0.1, 0.15) is 28.9 Å². The number of amides is 2. The zero-order chi connectivity index (χ0) is 33.7. The molecule has 2 saturated heterocycles. The molecule has 1 atom stereocenters. The van der Waals surface area contributed by atoms with E-state index >= 15 is 0 Å². The Morgan fingerprint density at radius 1 is 1.04 bits per heavy atom. The van der Waals surface area contributed by atoms with Gasteiger partial charge in [-0.25, -0.2) is 14.8 Å². The number of thiol groups is 2. The van der Waals surface area contributed by atoms with Crippen LogP contribution >= 0.6 is 34.9 Å². The van der Waals surface area contributed by atoms with Crippen molar-refractivity contribution < 1.29 is 14.3 Å². The Bertz CT molecular complexity index is 1370. The van der Waals surface area contributed by atoms with E-state index in [4.69, 9.17) is 16.3 Å². The molecule has 46 heavy (non-hydrogen) atoms. The fraction of sp³-hybridized carbons (Fsp3) is 0.562. The van der Waals surface area contributed by atoms with Crippen molar-refractivity contribution in [3.63, 3.8) is 0 Å². The Morgan fingerprint density at radius 2 is 1.70 bits per heavy atom. The summed E-state index contributed by atoms with van der Waals surface area (Å²) < 4.78 is 5.61. The van der Waals surface area contributed by atoms with Gasteiger partial charge >= 0.3 is 6.09 Å². The number of hydrogen-bond donors (Lipinski definition) is 6. The molecule has 2 aliphatic rings. The lowest BCUT2D eigenvalue weighted by molar-refractivity contribution is -0.129. The fourth-order valence-corrected chi connectivity index (χ4v) is 5.80. The molecule has 5 rings (SSSR count). The Kier molecular flexibility index (Phi) is 14.8. The van der Waals surface area contributed by atoms with Gasteiger partial charge in [-0.15, -0.1) is 23.3 Å². The second-order valence-electron chi connectivity index (χ2n) is 12.1. The first kappa shape index (κ1) is 37.7. The third kappa shape index (κ3) is 10.4. The van der Waals surface area contributed by atoms with Gasteiger partial charge in [-0.2, -0.15) is 0 Å². The molecule has 4 N–H and O–H groups in total. The number of aromatic nitrogens is 3. The molecule has 254 valence electrons. The lowest BCUT2D eigenvalue weighted by atomic mass is 9.85. The van der Waals surface area contributed by atoms with E-state index in [2.05, 4.69) is 64.0 Å². The van der Waals surface area contributed by atoms with E-state index in [9.17, 15) is 9.59 Å². The summed E-state index contributed by atoms with van der Waals surface area (Å²) in [6.45, 7) is 15.2. The zero-order valence-corrected chi connectivity index (χ0v) is 30.0. The van der Waals surface area contributed by atoms with Crippen LogP contribution in [-0.2, 0) is 9.53 Å². The number of carbonyl (C=O) groups is 2. The van der Waals surface area contributed by atoms with Gasteiger partial charge < -0.3 is 35.5 Å². The van der Waals surface area contributed by atoms with Crippen molar-refractivity contribution >= 4 is 63.8 Å². The molecule has 1 unspecified atom stereocenters. The Labute approximate surface area is 288 Å². The number of fused-ring (bicyclic) bond motifs is 1. The lowest BCUT2D eigenvalue weighted by Gasteiger charge is -2.42. The smallest absolute Gasteiger partial charge is 0.408 e. The summed E-state index contributed by atoms with van der Waals surface area (Å²) in [4.78, 5) is 43.8. The van der Waals surface area contributed by atoms with Gasteiger partial charge in [0.25, 0.3) is 0 Å². The SMILES string of the molecule is CC.CC(C)(C)OC(=O)NC1(C(=O)NC(CCN2CCNCC2)c2ccc(Cl)cc2)CCN(c2ncnc3[nH]ccc23)CC1.SS. The van der Waals surface area contributed by atoms with E-state index in [1.807, 2.05) is 71.1 Å². The van der Waals surface area contributed by atoms with Crippen LogP contribution in [0.4, 0.5) is 10.6 Å². The fourth-order valence-electron chi connectivity index (χ4n) is 5.68. The molecule has 2 amide bonds. The first-order valence-corrected chi connectivity index (χ1v) is 17.8. The van der Waals surface area contributed by atoms with Crippen molar-refractivity contribution in [2.45, 2.75) is 71.1 Å². The van der Waals surface area contributed by atoms with Crippen LogP contribution in [-0.4, -0.2) is 88.8 Å². The van der Waals surface area contributed by atoms with Crippen molar-refractivity contribution in [3.05, 3.63) is 53.4 Å². The minimum absolute atomic E-state index is 0.220. The number of carbonyl (C=O) groups excluding carboxylic acids is 2. The van der Waals surface area contributed by atoms with Crippen LogP contribution in [0.15, 0.2) is 42.9 Å². The van der Waals surface area contributed by atoms with Gasteiger partial charge in [0, 0.05) is 57.0 Å². The monoisotopic (exact) mass is 692 g/mol. The number of hydrogen-bond acceptors (Lipinski definition) is 10. The maximum Gasteiger partial charge on any atom is 0.408 e. The second kappa shape index (κ2) is 18.0. The molecular weight excluding hydrogens is 644 g/mol. The Balaban J connectivity index is 0.00000139. The number of ether oxygens (including phenoxy) is 1. The summed E-state index contributed by atoms with van der Waals surface area (Å²) >= 11 is 12.6. The van der Waals surface area contributed by atoms with Crippen LogP contribution in [0.1, 0.15) is 65.5 Å². The van der Waals surface area contributed by atoms with Crippen molar-refractivity contribution in [2.75, 3.05) is 50.7 Å². The number of benzene rings is 1. The van der Waals surface area contributed by atoms with E-state index in [-0.39, 0.29) is 11.9 Å². The molecule has 0 radical (unpaired) electrons. The van der Waals surface area contributed by atoms with Crippen molar-refractivity contribution in [2.24, 2.45) is 0 Å². The summed E-state index contributed by atoms with van der Waals surface area (Å²) in [5.74, 6) is 0.588. The largest absolute Gasteiger partial charge is 0.444 e. The van der Waals surface area contributed by atoms with Gasteiger partial charge in [-0.1, -0.05) is 37.6 Å². The number of H-pyrrole nitrogens is 1. The number of rotatable bonds is 8. The number of anilines is 1. The minimum Gasteiger partial charge on any atom is -0.444 e. The molecule has 2 fully saturated rings. The van der Waals surface area contributed by atoms with E-state index in [1.165, 1.54) is 6.33 Å². The maximum absolute atomic E-state index is 14.3. The van der Waals surface area contributed by atoms with Gasteiger partial charge in [-0.05, 0) is 63.8 Å². The van der Waals surface area contributed by atoms with E-state index in [1.54, 1.807) is 0 Å². The van der Waals surface area contributed by atoms with E-state index in [0.29, 0.717) is 31.0 Å². The Hall–Kier alpha value is -2.71. The first-order chi connectivity index (χ1) is 22.1. The predicted molar refractivity (Wildman–Crippen MR) is 193 cm³/mol. The highest BCUT2D eigenvalue weighted by Gasteiger charge is 2.45. The average Bonchev–Trinajstić information content (AvgIpc) is 3.55. The van der Waals surface area contributed by atoms with Crippen molar-refractivity contribution in [1.29, 1.82) is 0 Å². The van der Waals surface area contributed by atoms with Crippen LogP contribution in [0.2, 0.25) is 5.02 Å². The van der Waals surface area contributed by atoms with Gasteiger partial charge in [0.15, 0.2) is 0 Å². The molecule has 0 spiro atoms. The maximum atomic E-state index is 14.3. The van der Waals surface area contributed by atoms with E-state index in [0.717, 1.165) is 61.6 Å². The Morgan fingerprint density at radius 3 is 2.33 bits per heavy atom. The molecule has 2 aromatic heterocycles. The van der Waals surface area contributed by atoms with Crippen LogP contribution in [0.5, 0.6) is 0 Å². The molecule has 11 nitrogen and oxygen atoms in total. The molecule has 14 heteroatoms. The number of alkyl carbamates (subject to hydrolysis) is 1. The average molecular weight is 693 g/mol. The van der Waals surface area contributed by atoms with Crippen LogP contribution < -0.4 is 20.9 Å². The number of halogens is 1. The topological polar surface area (TPSA) is 128 Å². The summed E-state index contributed by atoms with van der Waals surface area (Å²) in [7, 11) is 0. The molecule has 1 aromatic carbocycles. The highest BCUT2D eigenvalue weighted by atomic mass is 35.5. The second-order valence-corrected chi connectivity index (χ2v) is 12.5. The lowest BCUT2D eigenvalue weighted by Crippen LogP contribution is -2.64. The number of nitrogens with zero attached hydrogens (tertiary/aromatic N) is 4. The minimum atomic E-state index is -1.15. The number of aromatic amines is 1. The third-order valence-electron chi connectivity index (χ3n) is 7.95. The van der Waals surface area contributed by atoms with Crippen LogP contribution in [0.3, 0.4) is 0 Å². The van der Waals surface area contributed by atoms with Crippen molar-refractivity contribution in [1.82, 2.24) is 35.8 Å². The molecule has 3 aromatic rings.